The summed E-state index contributed by atoms with van der Waals surface area (Å²) < 4.78 is 0. The van der Waals surface area contributed by atoms with Crippen molar-refractivity contribution in [1.82, 2.24) is 14.7 Å². The van der Waals surface area contributed by atoms with Crippen LogP contribution >= 0.6 is 0 Å². The number of nitrogens with zero attached hydrogens (tertiary/aromatic N) is 3. The van der Waals surface area contributed by atoms with Crippen LogP contribution in [-0.4, -0.2) is 65.3 Å². The summed E-state index contributed by atoms with van der Waals surface area (Å²) in [5.74, 6) is -0.181. The number of hydrogen-bond acceptors (Lipinski definition) is 3. The molecule has 0 bridgehead atoms. The molecule has 26 heavy (non-hydrogen) atoms. The highest BCUT2D eigenvalue weighted by molar-refractivity contribution is 6.06. The Morgan fingerprint density at radius 2 is 1.54 bits per heavy atom. The standard InChI is InChI=1S/C20H27N3O3/c1-19(2,3)15-8-6-14(7-9-15)16(24)23-12-10-20(11-13-23)17(25)21(4)18(26)22(20)5/h6-9H,10-13H2,1-5H3. The van der Waals surface area contributed by atoms with E-state index in [0.29, 0.717) is 31.5 Å². The minimum absolute atomic E-state index is 0.0203. The van der Waals surface area contributed by atoms with Crippen LogP contribution in [0.15, 0.2) is 24.3 Å². The van der Waals surface area contributed by atoms with Gasteiger partial charge in [0.2, 0.25) is 0 Å². The van der Waals surface area contributed by atoms with Crippen LogP contribution in [0.2, 0.25) is 0 Å². The van der Waals surface area contributed by atoms with Crippen molar-refractivity contribution in [2.45, 2.75) is 44.6 Å². The van der Waals surface area contributed by atoms with Crippen molar-refractivity contribution in [3.05, 3.63) is 35.4 Å². The highest BCUT2D eigenvalue weighted by Crippen LogP contribution is 2.35. The first-order valence-electron chi connectivity index (χ1n) is 9.04. The predicted octanol–water partition coefficient (Wildman–Crippen LogP) is 2.48. The Morgan fingerprint density at radius 1 is 1.00 bits per heavy atom. The van der Waals surface area contributed by atoms with Crippen molar-refractivity contribution in [3.8, 4) is 0 Å². The van der Waals surface area contributed by atoms with Gasteiger partial charge in [-0.15, -0.1) is 0 Å². The third-order valence-electron chi connectivity index (χ3n) is 5.79. The van der Waals surface area contributed by atoms with E-state index in [-0.39, 0.29) is 23.3 Å². The normalized spacial score (nSPS) is 20.3. The van der Waals surface area contributed by atoms with E-state index in [1.54, 1.807) is 11.9 Å². The molecule has 0 atom stereocenters. The van der Waals surface area contributed by atoms with Gasteiger partial charge in [-0.1, -0.05) is 32.9 Å². The minimum Gasteiger partial charge on any atom is -0.338 e. The van der Waals surface area contributed by atoms with E-state index in [2.05, 4.69) is 20.8 Å². The molecular formula is C20H27N3O3. The van der Waals surface area contributed by atoms with Gasteiger partial charge in [-0.3, -0.25) is 14.5 Å². The number of rotatable bonds is 1. The van der Waals surface area contributed by atoms with E-state index >= 15 is 0 Å². The second-order valence-corrected chi connectivity index (χ2v) is 8.36. The van der Waals surface area contributed by atoms with Gasteiger partial charge >= 0.3 is 6.03 Å². The molecule has 0 radical (unpaired) electrons. The van der Waals surface area contributed by atoms with Gasteiger partial charge in [0.25, 0.3) is 11.8 Å². The molecule has 3 rings (SSSR count). The van der Waals surface area contributed by atoms with Crippen LogP contribution in [0.1, 0.15) is 49.5 Å². The summed E-state index contributed by atoms with van der Waals surface area (Å²) >= 11 is 0. The molecule has 6 nitrogen and oxygen atoms in total. The number of carbonyl (C=O) groups excluding carboxylic acids is 3. The van der Waals surface area contributed by atoms with Crippen LogP contribution in [0.25, 0.3) is 0 Å². The minimum atomic E-state index is -0.793. The Morgan fingerprint density at radius 3 is 1.96 bits per heavy atom. The lowest BCUT2D eigenvalue weighted by molar-refractivity contribution is -0.134. The molecule has 2 fully saturated rings. The first kappa shape index (κ1) is 18.4. The van der Waals surface area contributed by atoms with Crippen molar-refractivity contribution in [2.24, 2.45) is 0 Å². The SMILES string of the molecule is CN1C(=O)N(C)C2(CCN(C(=O)c3ccc(C(C)(C)C)cc3)CC2)C1=O. The summed E-state index contributed by atoms with van der Waals surface area (Å²) in [5, 5.41) is 0. The lowest BCUT2D eigenvalue weighted by Gasteiger charge is -2.40. The fourth-order valence-electron chi connectivity index (χ4n) is 3.87. The Hall–Kier alpha value is -2.37. The summed E-state index contributed by atoms with van der Waals surface area (Å²) in [6.45, 7) is 7.36. The molecular weight excluding hydrogens is 330 g/mol. The van der Waals surface area contributed by atoms with Gasteiger partial charge in [0.1, 0.15) is 5.54 Å². The number of piperidine rings is 1. The maximum Gasteiger partial charge on any atom is 0.327 e. The Labute approximate surface area is 154 Å². The number of benzene rings is 1. The van der Waals surface area contributed by atoms with Crippen LogP contribution < -0.4 is 0 Å². The first-order valence-corrected chi connectivity index (χ1v) is 9.04. The topological polar surface area (TPSA) is 60.9 Å². The second kappa shape index (κ2) is 6.11. The highest BCUT2D eigenvalue weighted by Gasteiger charge is 2.55. The number of amides is 4. The van der Waals surface area contributed by atoms with E-state index in [1.807, 2.05) is 24.3 Å². The number of likely N-dealkylation sites (tertiary alicyclic amines) is 1. The molecule has 0 aliphatic carbocycles. The average molecular weight is 357 g/mol. The van der Waals surface area contributed by atoms with E-state index < -0.39 is 5.54 Å². The zero-order valence-corrected chi connectivity index (χ0v) is 16.2. The number of carbonyl (C=O) groups is 3. The molecule has 140 valence electrons. The lowest BCUT2D eigenvalue weighted by atomic mass is 9.85. The largest absolute Gasteiger partial charge is 0.338 e. The molecule has 0 aromatic heterocycles. The van der Waals surface area contributed by atoms with Crippen molar-refractivity contribution >= 4 is 17.8 Å². The van der Waals surface area contributed by atoms with Gasteiger partial charge in [-0.25, -0.2) is 4.79 Å². The van der Waals surface area contributed by atoms with E-state index in [1.165, 1.54) is 22.4 Å². The van der Waals surface area contributed by atoms with Gasteiger partial charge in [0, 0.05) is 32.7 Å². The second-order valence-electron chi connectivity index (χ2n) is 8.36. The van der Waals surface area contributed by atoms with Crippen LogP contribution in [0.3, 0.4) is 0 Å². The third kappa shape index (κ3) is 2.77. The zero-order valence-electron chi connectivity index (χ0n) is 16.2. The molecule has 2 aliphatic heterocycles. The van der Waals surface area contributed by atoms with Crippen LogP contribution in [0.4, 0.5) is 4.79 Å². The molecule has 1 aromatic carbocycles. The fraction of sp³-hybridized carbons (Fsp3) is 0.550. The maximum atomic E-state index is 12.8. The smallest absolute Gasteiger partial charge is 0.327 e. The quantitative estimate of drug-likeness (QED) is 0.726. The number of hydrogen-bond donors (Lipinski definition) is 0. The van der Waals surface area contributed by atoms with E-state index in [0.717, 1.165) is 0 Å². The van der Waals surface area contributed by atoms with Crippen molar-refractivity contribution in [1.29, 1.82) is 0 Å². The predicted molar refractivity (Wildman–Crippen MR) is 98.9 cm³/mol. The summed E-state index contributed by atoms with van der Waals surface area (Å²) in [4.78, 5) is 41.9. The zero-order chi connectivity index (χ0) is 19.3. The van der Waals surface area contributed by atoms with Crippen molar-refractivity contribution in [3.63, 3.8) is 0 Å². The number of imide groups is 1. The Bertz CT molecular complexity index is 741. The van der Waals surface area contributed by atoms with Crippen molar-refractivity contribution in [2.75, 3.05) is 27.2 Å². The summed E-state index contributed by atoms with van der Waals surface area (Å²) in [6.07, 6.45) is 0.953. The number of likely N-dealkylation sites (N-methyl/N-ethyl adjacent to an activating group) is 2. The van der Waals surface area contributed by atoms with Gasteiger partial charge in [-0.2, -0.15) is 0 Å². The molecule has 1 spiro atoms. The summed E-state index contributed by atoms with van der Waals surface area (Å²) in [7, 11) is 3.19. The molecule has 2 aliphatic rings. The third-order valence-corrected chi connectivity index (χ3v) is 5.79. The van der Waals surface area contributed by atoms with Crippen LogP contribution in [0.5, 0.6) is 0 Å². The summed E-state index contributed by atoms with van der Waals surface area (Å²) in [5.41, 5.74) is 1.10. The lowest BCUT2D eigenvalue weighted by Crippen LogP contribution is -2.56. The van der Waals surface area contributed by atoms with E-state index in [4.69, 9.17) is 0 Å². The molecule has 0 N–H and O–H groups in total. The molecule has 0 saturated carbocycles. The van der Waals surface area contributed by atoms with Crippen LogP contribution in [0, 0.1) is 0 Å². The molecule has 6 heteroatoms. The molecule has 4 amide bonds. The summed E-state index contributed by atoms with van der Waals surface area (Å²) in [6, 6.07) is 7.48. The monoisotopic (exact) mass is 357 g/mol. The van der Waals surface area contributed by atoms with Crippen LogP contribution in [-0.2, 0) is 10.2 Å². The van der Waals surface area contributed by atoms with Gasteiger partial charge in [0.05, 0.1) is 0 Å². The number of urea groups is 1. The highest BCUT2D eigenvalue weighted by atomic mass is 16.2. The van der Waals surface area contributed by atoms with E-state index in [9.17, 15) is 14.4 Å². The molecule has 0 unspecified atom stereocenters. The molecule has 2 heterocycles. The Balaban J connectivity index is 1.71. The average Bonchev–Trinajstić information content (AvgIpc) is 2.77. The maximum absolute atomic E-state index is 12.8. The van der Waals surface area contributed by atoms with Crippen molar-refractivity contribution < 1.29 is 14.4 Å². The molecule has 1 aromatic rings. The van der Waals surface area contributed by atoms with Gasteiger partial charge < -0.3 is 9.80 Å². The van der Waals surface area contributed by atoms with Gasteiger partial charge in [0.15, 0.2) is 0 Å². The molecule has 2 saturated heterocycles. The first-order chi connectivity index (χ1) is 12.1. The fourth-order valence-corrected chi connectivity index (χ4v) is 3.87. The Kier molecular flexibility index (Phi) is 4.33. The van der Waals surface area contributed by atoms with Gasteiger partial charge in [-0.05, 0) is 36.0 Å².